The molecular weight excluding hydrogens is 732 g/mol. The molecule has 4 rings (SSSR count). The number of sulfone groups is 1. The predicted molar refractivity (Wildman–Crippen MR) is 151 cm³/mol. The molecule has 0 aliphatic rings. The first-order valence-electron chi connectivity index (χ1n) is 9.84. The number of nitrogen functional groups attached to an aromatic ring is 2. The van der Waals surface area contributed by atoms with E-state index in [-0.39, 0.29) is 9.79 Å². The number of halogens is 4. The van der Waals surface area contributed by atoms with Gasteiger partial charge in [-0.25, -0.2) is 8.42 Å². The van der Waals surface area contributed by atoms with E-state index in [2.05, 4.69) is 63.7 Å². The highest BCUT2D eigenvalue weighted by atomic mass is 79.9. The molecule has 0 saturated carbocycles. The standard InChI is InChI=1S/C24H16Br4N2O4S/c25-19-9-17(10-20(26)23(19)33-15-5-1-13(29)2-6-15)35(31,32)18-11-21(27)24(22(28)12-18)34-16-7-3-14(30)4-8-16/h1-12H,29-30H2. The topological polar surface area (TPSA) is 105 Å². The maximum atomic E-state index is 13.5. The number of benzene rings is 4. The van der Waals surface area contributed by atoms with Crippen molar-refractivity contribution in [3.05, 3.63) is 90.7 Å². The van der Waals surface area contributed by atoms with Crippen LogP contribution >= 0.6 is 63.7 Å². The van der Waals surface area contributed by atoms with Crippen LogP contribution in [0.2, 0.25) is 0 Å². The summed E-state index contributed by atoms with van der Waals surface area (Å²) in [4.78, 5) is 0.152. The summed E-state index contributed by atoms with van der Waals surface area (Å²) in [5.74, 6) is 1.98. The molecule has 0 unspecified atom stereocenters. The lowest BCUT2D eigenvalue weighted by molar-refractivity contribution is 0.476. The van der Waals surface area contributed by atoms with Crippen LogP contribution in [0.15, 0.2) is 100 Å². The summed E-state index contributed by atoms with van der Waals surface area (Å²) in [5, 5.41) is 0. The molecule has 4 aromatic rings. The van der Waals surface area contributed by atoms with E-state index in [4.69, 9.17) is 20.9 Å². The maximum absolute atomic E-state index is 13.5. The van der Waals surface area contributed by atoms with Crippen molar-refractivity contribution in [2.75, 3.05) is 11.5 Å². The summed E-state index contributed by atoms with van der Waals surface area (Å²) in [6.07, 6.45) is 0. The number of hydrogen-bond donors (Lipinski definition) is 2. The second-order valence-electron chi connectivity index (χ2n) is 7.28. The lowest BCUT2D eigenvalue weighted by atomic mass is 10.3. The molecule has 0 amide bonds. The molecule has 0 saturated heterocycles. The van der Waals surface area contributed by atoms with Gasteiger partial charge in [0, 0.05) is 11.4 Å². The van der Waals surface area contributed by atoms with Crippen molar-refractivity contribution >= 4 is 84.9 Å². The largest absolute Gasteiger partial charge is 0.455 e. The fourth-order valence-corrected chi connectivity index (χ4v) is 7.69. The van der Waals surface area contributed by atoms with Gasteiger partial charge in [-0.2, -0.15) is 0 Å². The van der Waals surface area contributed by atoms with Gasteiger partial charge < -0.3 is 20.9 Å². The van der Waals surface area contributed by atoms with Crippen molar-refractivity contribution in [2.24, 2.45) is 0 Å². The van der Waals surface area contributed by atoms with Gasteiger partial charge in [0.2, 0.25) is 9.84 Å². The second-order valence-corrected chi connectivity index (χ2v) is 12.6. The Balaban J connectivity index is 1.66. The van der Waals surface area contributed by atoms with Crippen LogP contribution < -0.4 is 20.9 Å². The van der Waals surface area contributed by atoms with E-state index in [0.29, 0.717) is 52.3 Å². The minimum atomic E-state index is -3.88. The van der Waals surface area contributed by atoms with Crippen molar-refractivity contribution in [1.29, 1.82) is 0 Å². The minimum absolute atomic E-state index is 0.0758. The number of anilines is 2. The molecule has 35 heavy (non-hydrogen) atoms. The Labute approximate surface area is 236 Å². The number of rotatable bonds is 6. The fraction of sp³-hybridized carbons (Fsp3) is 0. The van der Waals surface area contributed by atoms with Gasteiger partial charge in [-0.15, -0.1) is 0 Å². The van der Waals surface area contributed by atoms with Gasteiger partial charge >= 0.3 is 0 Å². The zero-order valence-corrected chi connectivity index (χ0v) is 24.8. The smallest absolute Gasteiger partial charge is 0.206 e. The number of ether oxygens (including phenoxy) is 2. The van der Waals surface area contributed by atoms with Crippen molar-refractivity contribution in [2.45, 2.75) is 9.79 Å². The molecule has 0 spiro atoms. The first-order valence-corrected chi connectivity index (χ1v) is 14.5. The van der Waals surface area contributed by atoms with E-state index >= 15 is 0 Å². The van der Waals surface area contributed by atoms with E-state index < -0.39 is 9.84 Å². The molecule has 180 valence electrons. The molecule has 0 fully saturated rings. The summed E-state index contributed by atoms with van der Waals surface area (Å²) in [6, 6.07) is 19.7. The van der Waals surface area contributed by atoms with Gasteiger partial charge in [-0.1, -0.05) is 0 Å². The third-order valence-electron chi connectivity index (χ3n) is 4.76. The summed E-state index contributed by atoms with van der Waals surface area (Å²) < 4.78 is 40.6. The molecule has 0 heterocycles. The van der Waals surface area contributed by atoms with E-state index in [1.54, 1.807) is 48.5 Å². The average molecular weight is 748 g/mol. The molecule has 11 heteroatoms. The lowest BCUT2D eigenvalue weighted by Crippen LogP contribution is -2.04. The summed E-state index contributed by atoms with van der Waals surface area (Å²) in [5.41, 5.74) is 12.7. The summed E-state index contributed by atoms with van der Waals surface area (Å²) in [7, 11) is -3.88. The highest BCUT2D eigenvalue weighted by Crippen LogP contribution is 2.43. The second kappa shape index (κ2) is 10.5. The fourth-order valence-electron chi connectivity index (χ4n) is 3.02. The van der Waals surface area contributed by atoms with Gasteiger partial charge in [0.05, 0.1) is 27.7 Å². The Morgan fingerprint density at radius 2 is 0.829 bits per heavy atom. The van der Waals surface area contributed by atoms with Crippen molar-refractivity contribution in [1.82, 2.24) is 0 Å². The Morgan fingerprint density at radius 3 is 1.11 bits per heavy atom. The summed E-state index contributed by atoms with van der Waals surface area (Å²) in [6.45, 7) is 0. The van der Waals surface area contributed by atoms with Gasteiger partial charge in [-0.3, -0.25) is 0 Å². The monoisotopic (exact) mass is 744 g/mol. The van der Waals surface area contributed by atoms with Gasteiger partial charge in [0.15, 0.2) is 11.5 Å². The van der Waals surface area contributed by atoms with Crippen LogP contribution in [0.1, 0.15) is 0 Å². The Kier molecular flexibility index (Phi) is 7.82. The van der Waals surface area contributed by atoms with Gasteiger partial charge in [0.25, 0.3) is 0 Å². The van der Waals surface area contributed by atoms with Crippen molar-refractivity contribution < 1.29 is 17.9 Å². The molecule has 0 bridgehead atoms. The normalized spacial score (nSPS) is 11.3. The summed E-state index contributed by atoms with van der Waals surface area (Å²) >= 11 is 13.7. The van der Waals surface area contributed by atoms with Crippen LogP contribution in [-0.4, -0.2) is 8.42 Å². The molecule has 0 aliphatic heterocycles. The quantitative estimate of drug-likeness (QED) is 0.192. The van der Waals surface area contributed by atoms with Gasteiger partial charge in [-0.05, 0) is 137 Å². The molecular formula is C24H16Br4N2O4S. The van der Waals surface area contributed by atoms with Crippen LogP contribution in [0.25, 0.3) is 0 Å². The third kappa shape index (κ3) is 5.86. The SMILES string of the molecule is Nc1ccc(Oc2c(Br)cc(S(=O)(=O)c3cc(Br)c(Oc4ccc(N)cc4)c(Br)c3)cc2Br)cc1. The zero-order valence-electron chi connectivity index (χ0n) is 17.6. The average Bonchev–Trinajstić information content (AvgIpc) is 2.80. The van der Waals surface area contributed by atoms with Crippen LogP contribution in [-0.2, 0) is 9.84 Å². The van der Waals surface area contributed by atoms with E-state index in [0.717, 1.165) is 0 Å². The van der Waals surface area contributed by atoms with Gasteiger partial charge in [0.1, 0.15) is 11.5 Å². The first-order chi connectivity index (χ1) is 16.5. The Morgan fingerprint density at radius 1 is 0.543 bits per heavy atom. The van der Waals surface area contributed by atoms with E-state index in [9.17, 15) is 8.42 Å². The molecule has 0 atom stereocenters. The molecule has 0 aliphatic carbocycles. The molecule has 4 N–H and O–H groups in total. The third-order valence-corrected chi connectivity index (χ3v) is 8.83. The number of nitrogens with two attached hydrogens (primary N) is 2. The van der Waals surface area contributed by atoms with Crippen LogP contribution in [0.3, 0.4) is 0 Å². The Hall–Kier alpha value is -2.05. The van der Waals surface area contributed by atoms with E-state index in [1.165, 1.54) is 24.3 Å². The van der Waals surface area contributed by atoms with Crippen LogP contribution in [0.5, 0.6) is 23.0 Å². The van der Waals surface area contributed by atoms with Crippen LogP contribution in [0, 0.1) is 0 Å². The van der Waals surface area contributed by atoms with Crippen molar-refractivity contribution in [3.8, 4) is 23.0 Å². The highest BCUT2D eigenvalue weighted by molar-refractivity contribution is 9.11. The predicted octanol–water partition coefficient (Wildman–Crippen LogP) is 8.32. The molecule has 6 nitrogen and oxygen atoms in total. The van der Waals surface area contributed by atoms with Crippen molar-refractivity contribution in [3.63, 3.8) is 0 Å². The number of hydrogen-bond acceptors (Lipinski definition) is 6. The molecule has 4 aromatic carbocycles. The molecule has 0 aromatic heterocycles. The van der Waals surface area contributed by atoms with Crippen LogP contribution in [0.4, 0.5) is 11.4 Å². The lowest BCUT2D eigenvalue weighted by Gasteiger charge is -2.14. The zero-order chi connectivity index (χ0) is 25.3. The maximum Gasteiger partial charge on any atom is 0.206 e. The Bertz CT molecular complexity index is 1360. The first kappa shape index (κ1) is 26.0. The minimum Gasteiger partial charge on any atom is -0.455 e. The molecule has 0 radical (unpaired) electrons. The highest BCUT2D eigenvalue weighted by Gasteiger charge is 2.24. The van der Waals surface area contributed by atoms with E-state index in [1.807, 2.05) is 0 Å².